The third kappa shape index (κ3) is 2.88. The van der Waals surface area contributed by atoms with Crippen LogP contribution in [0.1, 0.15) is 36.5 Å². The van der Waals surface area contributed by atoms with Crippen molar-refractivity contribution in [3.05, 3.63) is 35.1 Å². The lowest BCUT2D eigenvalue weighted by Gasteiger charge is -2.30. The Kier molecular flexibility index (Phi) is 4.21. The normalized spacial score (nSPS) is 22.0. The average molecular weight is 300 g/mol. The highest BCUT2D eigenvalue weighted by molar-refractivity contribution is 5.89. The molecule has 1 aromatic carbocycles. The number of carbonyl (C=O) groups excluding carboxylic acids is 1. The van der Waals surface area contributed by atoms with Crippen LogP contribution in [0.5, 0.6) is 0 Å². The van der Waals surface area contributed by atoms with E-state index in [0.717, 1.165) is 41.5 Å². The minimum Gasteiger partial charge on any atom is -0.464 e. The molecule has 0 radical (unpaired) electrons. The molecule has 1 saturated heterocycles. The summed E-state index contributed by atoms with van der Waals surface area (Å²) in [5.74, 6) is 0.0708. The van der Waals surface area contributed by atoms with Gasteiger partial charge in [0, 0.05) is 23.0 Å². The monoisotopic (exact) mass is 300 g/mol. The first-order valence-corrected chi connectivity index (χ1v) is 8.05. The van der Waals surface area contributed by atoms with Gasteiger partial charge in [0.25, 0.3) is 0 Å². The molecule has 1 aliphatic heterocycles. The zero-order valence-electron chi connectivity index (χ0n) is 13.5. The standard InChI is InChI=1S/C18H24N2O2/c1-11-6-7-15-14(10-22-18(15)12(11)2)9-17(21)20-16-5-4-8-19-13(16)3/h6-7,10,13,16,19H,4-5,8-9H2,1-3H3,(H,20,21). The second-order valence-electron chi connectivity index (χ2n) is 6.38. The summed E-state index contributed by atoms with van der Waals surface area (Å²) < 4.78 is 5.68. The van der Waals surface area contributed by atoms with E-state index in [1.165, 1.54) is 5.56 Å². The summed E-state index contributed by atoms with van der Waals surface area (Å²) in [6.45, 7) is 7.30. The molecule has 2 aromatic rings. The lowest BCUT2D eigenvalue weighted by Crippen LogP contribution is -2.52. The van der Waals surface area contributed by atoms with Crippen molar-refractivity contribution in [3.63, 3.8) is 0 Å². The van der Waals surface area contributed by atoms with Gasteiger partial charge in [-0.2, -0.15) is 0 Å². The number of rotatable bonds is 3. The molecular weight excluding hydrogens is 276 g/mol. The molecule has 2 N–H and O–H groups in total. The second kappa shape index (κ2) is 6.13. The number of fused-ring (bicyclic) bond motifs is 1. The molecule has 1 aromatic heterocycles. The Labute approximate surface area is 131 Å². The molecule has 0 aliphatic carbocycles. The first-order valence-electron chi connectivity index (χ1n) is 8.05. The number of furan rings is 1. The molecule has 4 nitrogen and oxygen atoms in total. The number of benzene rings is 1. The quantitative estimate of drug-likeness (QED) is 0.916. The molecule has 1 amide bonds. The molecule has 118 valence electrons. The zero-order valence-corrected chi connectivity index (χ0v) is 13.5. The van der Waals surface area contributed by atoms with Crippen LogP contribution in [0.2, 0.25) is 0 Å². The van der Waals surface area contributed by atoms with E-state index in [-0.39, 0.29) is 11.9 Å². The van der Waals surface area contributed by atoms with Gasteiger partial charge < -0.3 is 15.1 Å². The van der Waals surface area contributed by atoms with Gasteiger partial charge in [-0.25, -0.2) is 0 Å². The molecule has 1 aliphatic rings. The topological polar surface area (TPSA) is 54.3 Å². The van der Waals surface area contributed by atoms with Gasteiger partial charge >= 0.3 is 0 Å². The summed E-state index contributed by atoms with van der Waals surface area (Å²) in [5, 5.41) is 7.61. The van der Waals surface area contributed by atoms with Crippen LogP contribution in [0.4, 0.5) is 0 Å². The van der Waals surface area contributed by atoms with Crippen LogP contribution < -0.4 is 10.6 Å². The van der Waals surface area contributed by atoms with Crippen molar-refractivity contribution >= 4 is 16.9 Å². The van der Waals surface area contributed by atoms with Crippen molar-refractivity contribution in [1.29, 1.82) is 0 Å². The first kappa shape index (κ1) is 15.1. The number of piperidine rings is 1. The Balaban J connectivity index is 1.73. The molecule has 1 fully saturated rings. The van der Waals surface area contributed by atoms with Crippen molar-refractivity contribution in [2.45, 2.75) is 52.1 Å². The predicted molar refractivity (Wildman–Crippen MR) is 88.0 cm³/mol. The summed E-state index contributed by atoms with van der Waals surface area (Å²) in [7, 11) is 0. The largest absolute Gasteiger partial charge is 0.464 e. The maximum atomic E-state index is 12.3. The number of nitrogens with one attached hydrogen (secondary N) is 2. The molecule has 2 unspecified atom stereocenters. The Morgan fingerprint density at radius 3 is 3.00 bits per heavy atom. The molecule has 3 rings (SSSR count). The number of aryl methyl sites for hydroxylation is 2. The smallest absolute Gasteiger partial charge is 0.224 e. The summed E-state index contributed by atoms with van der Waals surface area (Å²) in [5.41, 5.74) is 4.22. The minimum absolute atomic E-state index is 0.0708. The van der Waals surface area contributed by atoms with Gasteiger partial charge in [-0.05, 0) is 51.3 Å². The SMILES string of the molecule is Cc1ccc2c(CC(=O)NC3CCCNC3C)coc2c1C. The van der Waals surface area contributed by atoms with E-state index >= 15 is 0 Å². The van der Waals surface area contributed by atoms with Crippen molar-refractivity contribution in [1.82, 2.24) is 10.6 Å². The predicted octanol–water partition coefficient (Wildman–Crippen LogP) is 2.85. The zero-order chi connectivity index (χ0) is 15.7. The Hall–Kier alpha value is -1.81. The van der Waals surface area contributed by atoms with Crippen molar-refractivity contribution < 1.29 is 9.21 Å². The fraction of sp³-hybridized carbons (Fsp3) is 0.500. The van der Waals surface area contributed by atoms with E-state index < -0.39 is 0 Å². The third-order valence-electron chi connectivity index (χ3n) is 4.80. The summed E-state index contributed by atoms with van der Waals surface area (Å²) in [6, 6.07) is 4.70. The lowest BCUT2D eigenvalue weighted by molar-refractivity contribution is -0.121. The van der Waals surface area contributed by atoms with Crippen LogP contribution in [0.3, 0.4) is 0 Å². The van der Waals surface area contributed by atoms with Crippen LogP contribution in [-0.2, 0) is 11.2 Å². The maximum Gasteiger partial charge on any atom is 0.224 e. The van der Waals surface area contributed by atoms with Crippen molar-refractivity contribution in [2.75, 3.05) is 6.54 Å². The number of carbonyl (C=O) groups is 1. The molecule has 2 heterocycles. The summed E-state index contributed by atoms with van der Waals surface area (Å²) >= 11 is 0. The van der Waals surface area contributed by atoms with E-state index in [1.54, 1.807) is 6.26 Å². The molecule has 0 saturated carbocycles. The maximum absolute atomic E-state index is 12.3. The van der Waals surface area contributed by atoms with Crippen LogP contribution in [0, 0.1) is 13.8 Å². The van der Waals surface area contributed by atoms with Crippen LogP contribution in [0.15, 0.2) is 22.8 Å². The molecule has 0 spiro atoms. The Morgan fingerprint density at radius 2 is 2.23 bits per heavy atom. The number of hydrogen-bond donors (Lipinski definition) is 2. The van der Waals surface area contributed by atoms with Gasteiger partial charge in [-0.1, -0.05) is 12.1 Å². The Morgan fingerprint density at radius 1 is 1.41 bits per heavy atom. The second-order valence-corrected chi connectivity index (χ2v) is 6.38. The average Bonchev–Trinajstić information content (AvgIpc) is 2.89. The molecule has 4 heteroatoms. The summed E-state index contributed by atoms with van der Waals surface area (Å²) in [4.78, 5) is 12.3. The van der Waals surface area contributed by atoms with Gasteiger partial charge in [-0.15, -0.1) is 0 Å². The van der Waals surface area contributed by atoms with Crippen molar-refractivity contribution in [2.24, 2.45) is 0 Å². The highest BCUT2D eigenvalue weighted by Crippen LogP contribution is 2.26. The Bertz CT molecular complexity index is 690. The molecular formula is C18H24N2O2. The summed E-state index contributed by atoms with van der Waals surface area (Å²) in [6.07, 6.45) is 4.25. The van der Waals surface area contributed by atoms with E-state index in [2.05, 4.69) is 43.5 Å². The third-order valence-corrected chi connectivity index (χ3v) is 4.80. The van der Waals surface area contributed by atoms with E-state index in [1.807, 2.05) is 0 Å². The van der Waals surface area contributed by atoms with Crippen molar-refractivity contribution in [3.8, 4) is 0 Å². The first-order chi connectivity index (χ1) is 10.6. The van der Waals surface area contributed by atoms with Crippen LogP contribution in [0.25, 0.3) is 11.0 Å². The highest BCUT2D eigenvalue weighted by Gasteiger charge is 2.23. The van der Waals surface area contributed by atoms with Gasteiger partial charge in [0.1, 0.15) is 5.58 Å². The molecule has 22 heavy (non-hydrogen) atoms. The van der Waals surface area contributed by atoms with E-state index in [0.29, 0.717) is 12.5 Å². The van der Waals surface area contributed by atoms with Gasteiger partial charge in [0.2, 0.25) is 5.91 Å². The number of amides is 1. The molecule has 0 bridgehead atoms. The number of hydrogen-bond acceptors (Lipinski definition) is 3. The highest BCUT2D eigenvalue weighted by atomic mass is 16.3. The fourth-order valence-corrected chi connectivity index (χ4v) is 3.20. The van der Waals surface area contributed by atoms with Gasteiger partial charge in [0.05, 0.1) is 12.7 Å². The molecule has 2 atom stereocenters. The van der Waals surface area contributed by atoms with Crippen LogP contribution in [-0.4, -0.2) is 24.5 Å². The van der Waals surface area contributed by atoms with Gasteiger partial charge in [-0.3, -0.25) is 4.79 Å². The van der Waals surface area contributed by atoms with E-state index in [9.17, 15) is 4.79 Å². The van der Waals surface area contributed by atoms with E-state index in [4.69, 9.17) is 4.42 Å². The fourth-order valence-electron chi connectivity index (χ4n) is 3.20. The van der Waals surface area contributed by atoms with Crippen LogP contribution >= 0.6 is 0 Å². The van der Waals surface area contributed by atoms with Gasteiger partial charge in [0.15, 0.2) is 0 Å². The minimum atomic E-state index is 0.0708. The lowest BCUT2D eigenvalue weighted by atomic mass is 9.99.